The van der Waals surface area contributed by atoms with Gasteiger partial charge in [0.25, 0.3) is 0 Å². The standard InChI is InChI=1S/C20H28/c1-5-8-13-19(4)17-12-11-15-9-10-16(18(15)17)14-20(19,6-2)7-3/h9-12H,5-8,13-14H2,1-4H3. The molecule has 0 heterocycles. The van der Waals surface area contributed by atoms with Crippen LogP contribution >= 0.6 is 0 Å². The lowest BCUT2D eigenvalue weighted by Crippen LogP contribution is -2.44. The Kier molecular flexibility index (Phi) is 3.31. The largest absolute Gasteiger partial charge is 0.0654 e. The third kappa shape index (κ3) is 1.60. The van der Waals surface area contributed by atoms with Gasteiger partial charge in [0, 0.05) is 0 Å². The third-order valence-electron chi connectivity index (χ3n) is 6.45. The fourth-order valence-corrected chi connectivity index (χ4v) is 4.93. The van der Waals surface area contributed by atoms with Crippen molar-refractivity contribution in [3.8, 4) is 0 Å². The van der Waals surface area contributed by atoms with Gasteiger partial charge in [-0.15, -0.1) is 0 Å². The molecule has 3 aliphatic carbocycles. The van der Waals surface area contributed by atoms with Gasteiger partial charge in [0.15, 0.2) is 0 Å². The van der Waals surface area contributed by atoms with Gasteiger partial charge >= 0.3 is 0 Å². The summed E-state index contributed by atoms with van der Waals surface area (Å²) in [5.41, 5.74) is 7.13. The summed E-state index contributed by atoms with van der Waals surface area (Å²) in [6, 6.07) is 0. The normalized spacial score (nSPS) is 29.6. The molecule has 0 fully saturated rings. The fourth-order valence-electron chi connectivity index (χ4n) is 4.93. The lowest BCUT2D eigenvalue weighted by Gasteiger charge is -2.53. The van der Waals surface area contributed by atoms with Crippen molar-refractivity contribution in [2.75, 3.05) is 0 Å². The van der Waals surface area contributed by atoms with Gasteiger partial charge < -0.3 is 0 Å². The summed E-state index contributed by atoms with van der Waals surface area (Å²) >= 11 is 0. The average Bonchev–Trinajstić information content (AvgIpc) is 3.05. The molecule has 0 saturated carbocycles. The zero-order valence-corrected chi connectivity index (χ0v) is 13.6. The quantitative estimate of drug-likeness (QED) is 0.563. The van der Waals surface area contributed by atoms with E-state index in [0.29, 0.717) is 10.8 Å². The summed E-state index contributed by atoms with van der Waals surface area (Å²) < 4.78 is 0. The van der Waals surface area contributed by atoms with Crippen LogP contribution in [0.5, 0.6) is 0 Å². The summed E-state index contributed by atoms with van der Waals surface area (Å²) in [5.74, 6) is 0. The van der Waals surface area contributed by atoms with Crippen LogP contribution in [-0.4, -0.2) is 0 Å². The van der Waals surface area contributed by atoms with Crippen LogP contribution in [0.1, 0.15) is 66.2 Å². The van der Waals surface area contributed by atoms with Gasteiger partial charge in [-0.05, 0) is 58.8 Å². The van der Waals surface area contributed by atoms with Gasteiger partial charge in [-0.3, -0.25) is 0 Å². The minimum Gasteiger partial charge on any atom is -0.0654 e. The summed E-state index contributed by atoms with van der Waals surface area (Å²) in [6.07, 6.45) is 17.3. The van der Waals surface area contributed by atoms with Crippen molar-refractivity contribution in [1.82, 2.24) is 0 Å². The predicted molar refractivity (Wildman–Crippen MR) is 87.6 cm³/mol. The maximum atomic E-state index is 2.56. The van der Waals surface area contributed by atoms with E-state index in [1.165, 1.54) is 44.1 Å². The Morgan fingerprint density at radius 2 is 1.80 bits per heavy atom. The summed E-state index contributed by atoms with van der Waals surface area (Å²) in [7, 11) is 0. The van der Waals surface area contributed by atoms with E-state index in [0.717, 1.165) is 0 Å². The molecule has 1 atom stereocenters. The molecule has 0 aromatic rings. The van der Waals surface area contributed by atoms with Crippen molar-refractivity contribution in [2.24, 2.45) is 10.8 Å². The van der Waals surface area contributed by atoms with Crippen LogP contribution in [0.2, 0.25) is 0 Å². The number of hydrogen-bond acceptors (Lipinski definition) is 0. The molecule has 0 N–H and O–H groups in total. The maximum Gasteiger partial charge on any atom is -0.000967 e. The molecule has 0 heteroatoms. The lowest BCUT2D eigenvalue weighted by molar-refractivity contribution is 0.0589. The molecule has 0 nitrogen and oxygen atoms in total. The van der Waals surface area contributed by atoms with Crippen LogP contribution in [-0.2, 0) is 0 Å². The van der Waals surface area contributed by atoms with E-state index in [1.807, 2.05) is 0 Å². The molecule has 0 amide bonds. The summed E-state index contributed by atoms with van der Waals surface area (Å²) in [6.45, 7) is 9.68. The zero-order chi connectivity index (χ0) is 14.4. The third-order valence-corrected chi connectivity index (χ3v) is 6.45. The van der Waals surface area contributed by atoms with Crippen molar-refractivity contribution in [3.63, 3.8) is 0 Å². The molecule has 0 aromatic carbocycles. The molecular weight excluding hydrogens is 240 g/mol. The first kappa shape index (κ1) is 13.9. The lowest BCUT2D eigenvalue weighted by atomic mass is 9.50. The Labute approximate surface area is 124 Å². The molecule has 1 unspecified atom stereocenters. The highest BCUT2D eigenvalue weighted by Crippen LogP contribution is 2.64. The number of rotatable bonds is 5. The van der Waals surface area contributed by atoms with Crippen LogP contribution in [0, 0.1) is 10.8 Å². The second-order valence-electron chi connectivity index (χ2n) is 7.04. The Hall–Kier alpha value is -1.04. The average molecular weight is 268 g/mol. The van der Waals surface area contributed by atoms with E-state index in [1.54, 1.807) is 16.7 Å². The molecule has 0 bridgehead atoms. The highest BCUT2D eigenvalue weighted by molar-refractivity contribution is 5.71. The molecule has 108 valence electrons. The van der Waals surface area contributed by atoms with Crippen LogP contribution < -0.4 is 0 Å². The Morgan fingerprint density at radius 1 is 1.05 bits per heavy atom. The SMILES string of the molecule is CCCCC1(C)C2=CC=C3C=CC(=C32)CC1(CC)CC. The van der Waals surface area contributed by atoms with Gasteiger partial charge in [-0.1, -0.05) is 64.8 Å². The summed E-state index contributed by atoms with van der Waals surface area (Å²) in [5, 5.41) is 0. The minimum atomic E-state index is 0.357. The Balaban J connectivity index is 2.10. The van der Waals surface area contributed by atoms with E-state index in [2.05, 4.69) is 52.0 Å². The van der Waals surface area contributed by atoms with E-state index in [9.17, 15) is 0 Å². The second-order valence-corrected chi connectivity index (χ2v) is 7.04. The second kappa shape index (κ2) is 4.76. The van der Waals surface area contributed by atoms with Crippen LogP contribution in [0.15, 0.2) is 46.6 Å². The van der Waals surface area contributed by atoms with Crippen molar-refractivity contribution in [3.05, 3.63) is 46.6 Å². The van der Waals surface area contributed by atoms with Crippen molar-refractivity contribution >= 4 is 0 Å². The molecule has 20 heavy (non-hydrogen) atoms. The highest BCUT2D eigenvalue weighted by atomic mass is 14.6. The number of hydrogen-bond donors (Lipinski definition) is 0. The van der Waals surface area contributed by atoms with Crippen LogP contribution in [0.25, 0.3) is 0 Å². The van der Waals surface area contributed by atoms with Gasteiger partial charge in [-0.2, -0.15) is 0 Å². The first-order chi connectivity index (χ1) is 9.62. The molecule has 3 aliphatic rings. The first-order valence-electron chi connectivity index (χ1n) is 8.46. The zero-order valence-electron chi connectivity index (χ0n) is 13.6. The Morgan fingerprint density at radius 3 is 2.45 bits per heavy atom. The molecule has 3 rings (SSSR count). The smallest absolute Gasteiger partial charge is 0.000967 e. The molecule has 0 spiro atoms. The van der Waals surface area contributed by atoms with E-state index in [-0.39, 0.29) is 0 Å². The van der Waals surface area contributed by atoms with Gasteiger partial charge in [0.1, 0.15) is 0 Å². The first-order valence-corrected chi connectivity index (χ1v) is 8.46. The van der Waals surface area contributed by atoms with Gasteiger partial charge in [-0.25, -0.2) is 0 Å². The monoisotopic (exact) mass is 268 g/mol. The molecule has 0 radical (unpaired) electrons. The molecule has 0 aliphatic heterocycles. The van der Waals surface area contributed by atoms with Crippen molar-refractivity contribution < 1.29 is 0 Å². The fraction of sp³-hybridized carbons (Fsp3) is 0.600. The van der Waals surface area contributed by atoms with Crippen molar-refractivity contribution in [2.45, 2.75) is 66.2 Å². The molecule has 0 aromatic heterocycles. The van der Waals surface area contributed by atoms with E-state index < -0.39 is 0 Å². The predicted octanol–water partition coefficient (Wildman–Crippen LogP) is 6.13. The maximum absolute atomic E-state index is 2.56. The highest BCUT2D eigenvalue weighted by Gasteiger charge is 2.52. The Bertz CT molecular complexity index is 534. The van der Waals surface area contributed by atoms with E-state index >= 15 is 0 Å². The van der Waals surface area contributed by atoms with Gasteiger partial charge in [0.05, 0.1) is 0 Å². The van der Waals surface area contributed by atoms with E-state index in [4.69, 9.17) is 0 Å². The van der Waals surface area contributed by atoms with Gasteiger partial charge in [0.2, 0.25) is 0 Å². The number of allylic oxidation sites excluding steroid dienone is 8. The molecule has 0 saturated heterocycles. The topological polar surface area (TPSA) is 0 Å². The summed E-state index contributed by atoms with van der Waals surface area (Å²) in [4.78, 5) is 0. The van der Waals surface area contributed by atoms with Crippen LogP contribution in [0.3, 0.4) is 0 Å². The van der Waals surface area contributed by atoms with Crippen molar-refractivity contribution in [1.29, 1.82) is 0 Å². The molecular formula is C20H28. The van der Waals surface area contributed by atoms with Crippen LogP contribution in [0.4, 0.5) is 0 Å². The minimum absolute atomic E-state index is 0.357. The number of unbranched alkanes of at least 4 members (excludes halogenated alkanes) is 1.